The summed E-state index contributed by atoms with van der Waals surface area (Å²) >= 11 is 0. The first-order chi connectivity index (χ1) is 14.7. The molecule has 0 aliphatic carbocycles. The van der Waals surface area contributed by atoms with Gasteiger partial charge in [-0.05, 0) is 69.6 Å². The van der Waals surface area contributed by atoms with Gasteiger partial charge in [-0.15, -0.1) is 0 Å². The number of carbonyl (C=O) groups excluding carboxylic acids is 1. The van der Waals surface area contributed by atoms with Gasteiger partial charge in [0.1, 0.15) is 5.56 Å². The molecule has 158 valence electrons. The van der Waals surface area contributed by atoms with Crippen LogP contribution in [0.25, 0.3) is 5.69 Å². The Morgan fingerprint density at radius 2 is 1.48 bits per heavy atom. The molecule has 0 spiro atoms. The van der Waals surface area contributed by atoms with Crippen molar-refractivity contribution in [2.45, 2.75) is 38.9 Å². The van der Waals surface area contributed by atoms with Crippen molar-refractivity contribution in [3.63, 3.8) is 0 Å². The predicted molar refractivity (Wildman–Crippen MR) is 122 cm³/mol. The minimum Gasteiger partial charge on any atom is -0.399 e. The zero-order chi connectivity index (χ0) is 22.2. The smallest absolute Gasteiger partial charge is 0.399 e. The van der Waals surface area contributed by atoms with Crippen LogP contribution in [0.15, 0.2) is 77.7 Å². The van der Waals surface area contributed by atoms with E-state index in [0.29, 0.717) is 11.4 Å². The van der Waals surface area contributed by atoms with Crippen LogP contribution < -0.4 is 16.3 Å². The van der Waals surface area contributed by atoms with E-state index in [1.807, 2.05) is 70.2 Å². The second-order valence-electron chi connectivity index (χ2n) is 8.60. The number of pyridine rings is 1. The SMILES string of the molecule is CC1(C)OB(c2ccc(NC(=O)c3cccn(-c4ccccc4)c3=O)cc2)OC1(C)C. The van der Waals surface area contributed by atoms with Gasteiger partial charge in [0.2, 0.25) is 0 Å². The van der Waals surface area contributed by atoms with Crippen LogP contribution in [0.5, 0.6) is 0 Å². The molecule has 1 fully saturated rings. The number of carbonyl (C=O) groups is 1. The van der Waals surface area contributed by atoms with E-state index >= 15 is 0 Å². The molecular formula is C24H25BN2O4. The standard InChI is InChI=1S/C24H25BN2O4/c1-23(2)24(3,4)31-25(30-23)17-12-14-18(15-13-17)26-21(28)20-11-8-16-27(22(20)29)19-9-6-5-7-10-19/h5-16H,1-4H3,(H,26,28). The van der Waals surface area contributed by atoms with Crippen molar-refractivity contribution in [3.8, 4) is 5.69 Å². The molecule has 3 aromatic rings. The number of aromatic nitrogens is 1. The van der Waals surface area contributed by atoms with Crippen molar-refractivity contribution in [2.75, 3.05) is 5.32 Å². The summed E-state index contributed by atoms with van der Waals surface area (Å²) in [6.07, 6.45) is 1.65. The van der Waals surface area contributed by atoms with E-state index in [0.717, 1.165) is 5.46 Å². The zero-order valence-electron chi connectivity index (χ0n) is 18.1. The number of amides is 1. The highest BCUT2D eigenvalue weighted by Gasteiger charge is 2.51. The lowest BCUT2D eigenvalue weighted by molar-refractivity contribution is 0.00578. The van der Waals surface area contributed by atoms with Crippen LogP contribution in [0, 0.1) is 0 Å². The molecule has 1 amide bonds. The maximum atomic E-state index is 12.8. The largest absolute Gasteiger partial charge is 0.494 e. The average molecular weight is 416 g/mol. The fourth-order valence-corrected chi connectivity index (χ4v) is 3.36. The first-order valence-corrected chi connectivity index (χ1v) is 10.2. The molecule has 4 rings (SSSR count). The first-order valence-electron chi connectivity index (χ1n) is 10.2. The van der Waals surface area contributed by atoms with Gasteiger partial charge < -0.3 is 14.6 Å². The topological polar surface area (TPSA) is 69.6 Å². The summed E-state index contributed by atoms with van der Waals surface area (Å²) in [6, 6.07) is 19.7. The molecule has 0 unspecified atom stereocenters. The molecule has 31 heavy (non-hydrogen) atoms. The van der Waals surface area contributed by atoms with Crippen LogP contribution in [0.3, 0.4) is 0 Å². The van der Waals surface area contributed by atoms with E-state index in [1.54, 1.807) is 24.4 Å². The van der Waals surface area contributed by atoms with E-state index in [-0.39, 0.29) is 11.1 Å². The van der Waals surface area contributed by atoms with Crippen molar-refractivity contribution >= 4 is 24.2 Å². The third-order valence-electron chi connectivity index (χ3n) is 5.92. The van der Waals surface area contributed by atoms with Crippen LogP contribution in [0.2, 0.25) is 0 Å². The Labute approximate surface area is 182 Å². The van der Waals surface area contributed by atoms with E-state index in [4.69, 9.17) is 9.31 Å². The molecule has 0 saturated carbocycles. The number of nitrogens with one attached hydrogen (secondary N) is 1. The Balaban J connectivity index is 1.51. The number of nitrogens with zero attached hydrogens (tertiary/aromatic N) is 1. The van der Waals surface area contributed by atoms with Crippen molar-refractivity contribution in [2.24, 2.45) is 0 Å². The van der Waals surface area contributed by atoms with Gasteiger partial charge in [-0.25, -0.2) is 0 Å². The average Bonchev–Trinajstić information content (AvgIpc) is 2.96. The minimum absolute atomic E-state index is 0.0707. The molecule has 2 heterocycles. The maximum absolute atomic E-state index is 12.8. The maximum Gasteiger partial charge on any atom is 0.494 e. The lowest BCUT2D eigenvalue weighted by Crippen LogP contribution is -2.41. The fraction of sp³-hybridized carbons (Fsp3) is 0.250. The molecule has 6 nitrogen and oxygen atoms in total. The van der Waals surface area contributed by atoms with Crippen LogP contribution >= 0.6 is 0 Å². The minimum atomic E-state index is -0.470. The van der Waals surface area contributed by atoms with E-state index in [2.05, 4.69) is 5.32 Å². The normalized spacial score (nSPS) is 16.8. The summed E-state index contributed by atoms with van der Waals surface area (Å²) < 4.78 is 13.6. The summed E-state index contributed by atoms with van der Waals surface area (Å²) in [4.78, 5) is 25.6. The van der Waals surface area contributed by atoms with Gasteiger partial charge in [0.05, 0.1) is 11.2 Å². The second-order valence-corrected chi connectivity index (χ2v) is 8.60. The third kappa shape index (κ3) is 4.07. The van der Waals surface area contributed by atoms with Gasteiger partial charge in [-0.1, -0.05) is 30.3 Å². The highest BCUT2D eigenvalue weighted by Crippen LogP contribution is 2.36. The third-order valence-corrected chi connectivity index (χ3v) is 5.92. The van der Waals surface area contributed by atoms with E-state index < -0.39 is 24.2 Å². The van der Waals surface area contributed by atoms with Crippen LogP contribution in [-0.4, -0.2) is 28.8 Å². The summed E-state index contributed by atoms with van der Waals surface area (Å²) in [7, 11) is -0.470. The zero-order valence-corrected chi connectivity index (χ0v) is 18.1. The number of para-hydroxylation sites is 1. The molecule has 1 aliphatic rings. The Hall–Kier alpha value is -3.16. The Bertz CT molecular complexity index is 1140. The quantitative estimate of drug-likeness (QED) is 0.662. The van der Waals surface area contributed by atoms with Crippen molar-refractivity contribution < 1.29 is 14.1 Å². The lowest BCUT2D eigenvalue weighted by atomic mass is 9.79. The molecule has 1 aliphatic heterocycles. The van der Waals surface area contributed by atoms with Crippen molar-refractivity contribution in [1.29, 1.82) is 0 Å². The first kappa shape index (κ1) is 21.1. The molecule has 0 radical (unpaired) electrons. The van der Waals surface area contributed by atoms with Gasteiger partial charge in [0.15, 0.2) is 0 Å². The van der Waals surface area contributed by atoms with Crippen LogP contribution in [-0.2, 0) is 9.31 Å². The monoisotopic (exact) mass is 416 g/mol. The van der Waals surface area contributed by atoms with Crippen LogP contribution in [0.1, 0.15) is 38.1 Å². The van der Waals surface area contributed by atoms with Gasteiger partial charge in [0, 0.05) is 17.6 Å². The molecule has 0 bridgehead atoms. The number of hydrogen-bond acceptors (Lipinski definition) is 4. The number of anilines is 1. The molecule has 1 aromatic heterocycles. The highest BCUT2D eigenvalue weighted by molar-refractivity contribution is 6.62. The van der Waals surface area contributed by atoms with Gasteiger partial charge >= 0.3 is 7.12 Å². The number of rotatable bonds is 4. The molecule has 7 heteroatoms. The highest BCUT2D eigenvalue weighted by atomic mass is 16.7. The van der Waals surface area contributed by atoms with Gasteiger partial charge in [0.25, 0.3) is 11.5 Å². The summed E-state index contributed by atoms with van der Waals surface area (Å²) in [6.45, 7) is 8.01. The van der Waals surface area contributed by atoms with Gasteiger partial charge in [-0.2, -0.15) is 0 Å². The predicted octanol–water partition coefficient (Wildman–Crippen LogP) is 3.39. The van der Waals surface area contributed by atoms with Crippen molar-refractivity contribution in [1.82, 2.24) is 4.57 Å². The lowest BCUT2D eigenvalue weighted by Gasteiger charge is -2.32. The van der Waals surface area contributed by atoms with Crippen molar-refractivity contribution in [3.05, 3.63) is 88.8 Å². The summed E-state index contributed by atoms with van der Waals surface area (Å²) in [5.74, 6) is -0.460. The van der Waals surface area contributed by atoms with E-state index in [1.165, 1.54) is 10.6 Å². The molecular weight excluding hydrogens is 391 g/mol. The second kappa shape index (κ2) is 7.83. The molecule has 1 N–H and O–H groups in total. The molecule has 1 saturated heterocycles. The van der Waals surface area contributed by atoms with E-state index in [9.17, 15) is 9.59 Å². The Kier molecular flexibility index (Phi) is 5.33. The Morgan fingerprint density at radius 3 is 2.10 bits per heavy atom. The Morgan fingerprint density at radius 1 is 0.871 bits per heavy atom. The summed E-state index contributed by atoms with van der Waals surface area (Å²) in [5.41, 5.74) is 1.01. The molecule has 0 atom stereocenters. The fourth-order valence-electron chi connectivity index (χ4n) is 3.36. The molecule has 2 aromatic carbocycles. The van der Waals surface area contributed by atoms with Gasteiger partial charge in [-0.3, -0.25) is 14.2 Å². The number of hydrogen-bond donors (Lipinski definition) is 1. The summed E-state index contributed by atoms with van der Waals surface area (Å²) in [5, 5.41) is 2.79. The van der Waals surface area contributed by atoms with Crippen LogP contribution in [0.4, 0.5) is 5.69 Å². The number of benzene rings is 2.